The van der Waals surface area contributed by atoms with Crippen LogP contribution in [0.25, 0.3) is 21.9 Å². The molecule has 0 aliphatic carbocycles. The van der Waals surface area contributed by atoms with Crippen LogP contribution in [0.2, 0.25) is 0 Å². The first-order chi connectivity index (χ1) is 22.9. The Bertz CT molecular complexity index is 2590. The lowest BCUT2D eigenvalue weighted by atomic mass is 9.82. The van der Waals surface area contributed by atoms with Crippen LogP contribution >= 0.6 is 0 Å². The molecule has 0 spiro atoms. The van der Waals surface area contributed by atoms with Crippen molar-refractivity contribution in [3.8, 4) is 34.1 Å². The number of amides is 1. The van der Waals surface area contributed by atoms with E-state index in [1.165, 1.54) is 42.6 Å². The average Bonchev–Trinajstić information content (AvgIpc) is 3.02. The van der Waals surface area contributed by atoms with Gasteiger partial charge in [-0.05, 0) is 60.7 Å². The Kier molecular flexibility index (Phi) is 8.34. The molecule has 4 heterocycles. The summed E-state index contributed by atoms with van der Waals surface area (Å²) in [6.07, 6.45) is 2.23. The summed E-state index contributed by atoms with van der Waals surface area (Å²) >= 11 is 0. The minimum Gasteiger partial charge on any atom is -0.457 e. The number of H-pyrrole nitrogens is 1. The van der Waals surface area contributed by atoms with Crippen LogP contribution in [0.1, 0.15) is 27.4 Å². The van der Waals surface area contributed by atoms with Crippen molar-refractivity contribution in [1.82, 2.24) is 10.3 Å². The Labute approximate surface area is 278 Å². The molecule has 15 nitrogen and oxygen atoms in total. The number of carbonyl (C=O) groups excluding carboxylic acids is 1. The topological polar surface area (TPSA) is 244 Å². The van der Waals surface area contributed by atoms with Crippen LogP contribution in [0.4, 0.5) is 0 Å². The number of pyridine rings is 1. The van der Waals surface area contributed by atoms with Crippen molar-refractivity contribution in [2.45, 2.75) is 15.7 Å². The van der Waals surface area contributed by atoms with Gasteiger partial charge in [-0.25, -0.2) is 0 Å². The maximum Gasteiger partial charge on any atom is 0.294 e. The van der Waals surface area contributed by atoms with Crippen molar-refractivity contribution in [2.24, 2.45) is 0 Å². The molecule has 254 valence electrons. The molecule has 5 aromatic rings. The van der Waals surface area contributed by atoms with Crippen molar-refractivity contribution in [3.05, 3.63) is 106 Å². The van der Waals surface area contributed by atoms with E-state index in [0.717, 1.165) is 5.56 Å². The van der Waals surface area contributed by atoms with Gasteiger partial charge in [0.25, 0.3) is 41.8 Å². The Morgan fingerprint density at radius 2 is 1.29 bits per heavy atom. The molecule has 18 heteroatoms. The average molecular weight is 729 g/mol. The number of ether oxygens (including phenoxy) is 2. The summed E-state index contributed by atoms with van der Waals surface area (Å²) < 4.78 is 101. The van der Waals surface area contributed by atoms with E-state index in [9.17, 15) is 43.9 Å². The zero-order chi connectivity index (χ0) is 35.5. The van der Waals surface area contributed by atoms with Gasteiger partial charge in [-0.15, -0.1) is 0 Å². The molecule has 3 aliphatic heterocycles. The summed E-state index contributed by atoms with van der Waals surface area (Å²) in [5.41, 5.74) is 2.81. The van der Waals surface area contributed by atoms with Gasteiger partial charge in [-0.3, -0.25) is 23.2 Å². The van der Waals surface area contributed by atoms with E-state index >= 15 is 0 Å². The second kappa shape index (κ2) is 12.1. The van der Waals surface area contributed by atoms with Gasteiger partial charge in [0.05, 0.1) is 21.4 Å². The molecule has 1 aromatic heterocycles. The lowest BCUT2D eigenvalue weighted by molar-refractivity contribution is 0.0940. The number of hydrogen-bond donors (Lipinski definition) is 5. The number of rotatable bonds is 2. The van der Waals surface area contributed by atoms with Gasteiger partial charge >= 0.3 is 0 Å². The Hall–Kier alpha value is -5.11. The van der Waals surface area contributed by atoms with Crippen molar-refractivity contribution >= 4 is 47.0 Å². The van der Waals surface area contributed by atoms with Crippen molar-refractivity contribution < 1.29 is 53.2 Å². The van der Waals surface area contributed by atoms with Gasteiger partial charge in [0, 0.05) is 51.9 Å². The second-order valence-corrected chi connectivity index (χ2v) is 15.2. The lowest BCUT2D eigenvalue weighted by Crippen LogP contribution is -2.36. The van der Waals surface area contributed by atoms with Crippen LogP contribution in [0, 0.1) is 0 Å². The van der Waals surface area contributed by atoms with Gasteiger partial charge in [0.2, 0.25) is 0 Å². The summed E-state index contributed by atoms with van der Waals surface area (Å²) in [6, 6.07) is 18.6. The number of benzene rings is 4. The summed E-state index contributed by atoms with van der Waals surface area (Å²) in [5.74, 6) is 1.74. The van der Waals surface area contributed by atoms with E-state index in [4.69, 9.17) is 14.0 Å². The van der Waals surface area contributed by atoms with Crippen LogP contribution in [-0.4, -0.2) is 62.6 Å². The van der Waals surface area contributed by atoms with Crippen molar-refractivity contribution in [3.63, 3.8) is 0 Å². The quantitative estimate of drug-likeness (QED) is 0.159. The number of fused-ring (bicyclic) bond motifs is 4. The van der Waals surface area contributed by atoms with Crippen LogP contribution in [-0.2, 0) is 30.4 Å². The number of hydrogen-bond acceptors (Lipinski definition) is 10. The molecule has 1 atom stereocenters. The predicted molar refractivity (Wildman–Crippen MR) is 174 cm³/mol. The molecule has 0 saturated heterocycles. The van der Waals surface area contributed by atoms with E-state index in [-0.39, 0.29) is 27.2 Å². The normalized spacial score (nSPS) is 15.3. The lowest BCUT2D eigenvalue weighted by Gasteiger charge is -2.33. The van der Waals surface area contributed by atoms with Crippen LogP contribution in [0.5, 0.6) is 23.0 Å². The smallest absolute Gasteiger partial charge is 0.294 e. The Morgan fingerprint density at radius 1 is 0.694 bits per heavy atom. The predicted octanol–water partition coefficient (Wildman–Crippen LogP) is 3.97. The molecule has 49 heavy (non-hydrogen) atoms. The van der Waals surface area contributed by atoms with Crippen molar-refractivity contribution in [2.75, 3.05) is 12.8 Å². The molecule has 3 aliphatic rings. The molecule has 4 aromatic carbocycles. The zero-order valence-corrected chi connectivity index (χ0v) is 27.4. The minimum absolute atomic E-state index is 0.175. The Morgan fingerprint density at radius 3 is 1.96 bits per heavy atom. The first kappa shape index (κ1) is 33.8. The van der Waals surface area contributed by atoms with E-state index < -0.39 is 30.4 Å². The second-order valence-electron chi connectivity index (χ2n) is 10.9. The van der Waals surface area contributed by atoms with Crippen molar-refractivity contribution in [1.29, 1.82) is 0 Å². The van der Waals surface area contributed by atoms with E-state index in [2.05, 4.69) is 10.3 Å². The molecule has 1 unspecified atom stereocenters. The summed E-state index contributed by atoms with van der Waals surface area (Å²) in [7, 11) is -12.3. The molecule has 5 N–H and O–H groups in total. The highest BCUT2D eigenvalue weighted by molar-refractivity contribution is 7.86. The minimum atomic E-state index is -4.32. The van der Waals surface area contributed by atoms with Crippen LogP contribution < -0.4 is 20.3 Å². The maximum absolute atomic E-state index is 12.0. The van der Waals surface area contributed by atoms with E-state index in [0.29, 0.717) is 68.8 Å². The summed E-state index contributed by atoms with van der Waals surface area (Å²) in [4.78, 5) is 26.1. The number of nitrogens with one attached hydrogen (secondary N) is 2. The third kappa shape index (κ3) is 6.77. The largest absolute Gasteiger partial charge is 0.457 e. The van der Waals surface area contributed by atoms with Gasteiger partial charge in [0.1, 0.15) is 23.0 Å². The van der Waals surface area contributed by atoms with Gasteiger partial charge < -0.3 is 19.8 Å². The van der Waals surface area contributed by atoms with Crippen LogP contribution in [0.3, 0.4) is 0 Å². The highest BCUT2D eigenvalue weighted by Crippen LogP contribution is 2.48. The standard InChI is InChI=1S/C15H11NO5S.C15H9NO5S.CH4O3S/c2*17-15-9-2-1-3-13-14(9)11(7-16-15)10-6-8(22(18,19)20)4-5-12(10)21-13;1-5(2,3)4/h1-6,11H,7H2,(H,16,17)(H,18,19,20);1-7H,(H,16,17)(H,18,19,20);1H3,(H,2,3,4). The third-order valence-electron chi connectivity index (χ3n) is 7.65. The molecular formula is C31H24N2O13S3. The number of aromatic nitrogens is 1. The van der Waals surface area contributed by atoms with Gasteiger partial charge in [-0.2, -0.15) is 25.3 Å². The third-order valence-corrected chi connectivity index (χ3v) is 9.35. The molecule has 8 rings (SSSR count). The number of aromatic amines is 1. The SMILES string of the molecule is CS(=O)(=O)O.O=C1NCC2c3cc(S(=O)(=O)O)ccc3Oc3cccc1c32.O=c1[nH]cc2c3c(cccc13)Oc1ccc(S(=O)(=O)O)cc1-2. The van der Waals surface area contributed by atoms with Crippen LogP contribution in [0.15, 0.2) is 93.6 Å². The zero-order valence-electron chi connectivity index (χ0n) is 24.9. The summed E-state index contributed by atoms with van der Waals surface area (Å²) in [6.45, 7) is 0.355. The molecule has 1 amide bonds. The summed E-state index contributed by atoms with van der Waals surface area (Å²) in [5, 5.41) is 3.87. The number of carbonyl (C=O) groups is 1. The fourth-order valence-electron chi connectivity index (χ4n) is 5.69. The molecule has 0 fully saturated rings. The highest BCUT2D eigenvalue weighted by Gasteiger charge is 2.35. The van der Waals surface area contributed by atoms with E-state index in [1.54, 1.807) is 36.4 Å². The molecule has 0 bridgehead atoms. The Balaban J connectivity index is 0.000000150. The van der Waals surface area contributed by atoms with Gasteiger partial charge in [-0.1, -0.05) is 12.1 Å². The molecular weight excluding hydrogens is 705 g/mol. The molecule has 0 radical (unpaired) electrons. The fraction of sp³-hybridized carbons (Fsp3) is 0.0968. The first-order valence-electron chi connectivity index (χ1n) is 14.0. The van der Waals surface area contributed by atoms with E-state index in [1.807, 2.05) is 0 Å². The first-order valence-corrected chi connectivity index (χ1v) is 18.7. The molecule has 0 saturated carbocycles. The monoisotopic (exact) mass is 728 g/mol. The fourth-order valence-corrected chi connectivity index (χ4v) is 6.71. The van der Waals surface area contributed by atoms with Gasteiger partial charge in [0.15, 0.2) is 0 Å². The maximum atomic E-state index is 12.0. The highest BCUT2D eigenvalue weighted by atomic mass is 32.2.